The first-order chi connectivity index (χ1) is 14.0. The second-order valence-corrected chi connectivity index (χ2v) is 7.72. The SMILES string of the molecule is NC(=O)C1CC(C(=O)N2CCN(CC3CCCO3)CC2)=NN1c1ccc(F)cc1. The molecule has 1 aromatic carbocycles. The van der Waals surface area contributed by atoms with Crippen LogP contribution in [-0.2, 0) is 14.3 Å². The fourth-order valence-electron chi connectivity index (χ4n) is 4.09. The second-order valence-electron chi connectivity index (χ2n) is 7.72. The Bertz CT molecular complexity index is 786. The van der Waals surface area contributed by atoms with Crippen LogP contribution in [0.25, 0.3) is 0 Å². The molecule has 156 valence electrons. The van der Waals surface area contributed by atoms with Crippen LogP contribution in [0.3, 0.4) is 0 Å². The number of primary amides is 1. The van der Waals surface area contributed by atoms with E-state index in [0.29, 0.717) is 30.6 Å². The Balaban J connectivity index is 1.39. The van der Waals surface area contributed by atoms with Crippen molar-refractivity contribution < 1.29 is 18.7 Å². The van der Waals surface area contributed by atoms with Crippen molar-refractivity contribution in [1.82, 2.24) is 9.80 Å². The van der Waals surface area contributed by atoms with Gasteiger partial charge in [0.05, 0.1) is 11.8 Å². The minimum Gasteiger partial charge on any atom is -0.377 e. The number of ether oxygens (including phenoxy) is 1. The average Bonchev–Trinajstić information content (AvgIpc) is 3.39. The van der Waals surface area contributed by atoms with E-state index in [2.05, 4.69) is 10.0 Å². The molecule has 0 bridgehead atoms. The number of anilines is 1. The van der Waals surface area contributed by atoms with Gasteiger partial charge in [-0.2, -0.15) is 5.10 Å². The zero-order valence-corrected chi connectivity index (χ0v) is 16.3. The number of nitrogens with zero attached hydrogens (tertiary/aromatic N) is 4. The molecule has 0 aromatic heterocycles. The molecule has 29 heavy (non-hydrogen) atoms. The number of hydrogen-bond donors (Lipinski definition) is 1. The van der Waals surface area contributed by atoms with Crippen molar-refractivity contribution in [3.63, 3.8) is 0 Å². The molecule has 4 rings (SSSR count). The molecule has 0 radical (unpaired) electrons. The molecule has 0 saturated carbocycles. The summed E-state index contributed by atoms with van der Waals surface area (Å²) in [6.07, 6.45) is 2.68. The first-order valence-electron chi connectivity index (χ1n) is 10.1. The average molecular weight is 403 g/mol. The molecule has 3 aliphatic heterocycles. The number of amides is 2. The highest BCUT2D eigenvalue weighted by molar-refractivity contribution is 6.40. The quantitative estimate of drug-likeness (QED) is 0.776. The standard InChI is InChI=1S/C20H26FN5O3/c21-14-3-5-15(6-4-14)26-18(19(22)27)12-17(23-26)20(28)25-9-7-24(8-10-25)13-16-2-1-11-29-16/h3-6,16,18H,1-2,7-13H2,(H2,22,27). The fraction of sp³-hybridized carbons (Fsp3) is 0.550. The summed E-state index contributed by atoms with van der Waals surface area (Å²) in [5.74, 6) is -1.12. The molecule has 8 nitrogen and oxygen atoms in total. The van der Waals surface area contributed by atoms with Crippen molar-refractivity contribution in [2.24, 2.45) is 10.8 Å². The molecule has 2 atom stereocenters. The number of carbonyl (C=O) groups excluding carboxylic acids is 2. The first kappa shape index (κ1) is 19.8. The van der Waals surface area contributed by atoms with Gasteiger partial charge in [0.15, 0.2) is 0 Å². The lowest BCUT2D eigenvalue weighted by molar-refractivity contribution is -0.126. The van der Waals surface area contributed by atoms with Gasteiger partial charge in [-0.05, 0) is 37.1 Å². The summed E-state index contributed by atoms with van der Waals surface area (Å²) in [6.45, 7) is 4.56. The van der Waals surface area contributed by atoms with E-state index in [-0.39, 0.29) is 18.1 Å². The fourth-order valence-corrected chi connectivity index (χ4v) is 4.09. The van der Waals surface area contributed by atoms with Gasteiger partial charge in [-0.15, -0.1) is 0 Å². The summed E-state index contributed by atoms with van der Waals surface area (Å²) in [7, 11) is 0. The van der Waals surface area contributed by atoms with Crippen molar-refractivity contribution in [1.29, 1.82) is 0 Å². The number of halogens is 1. The molecule has 2 fully saturated rings. The molecular weight excluding hydrogens is 377 g/mol. The number of piperazine rings is 1. The van der Waals surface area contributed by atoms with E-state index >= 15 is 0 Å². The Hall–Kier alpha value is -2.52. The van der Waals surface area contributed by atoms with Gasteiger partial charge in [0.25, 0.3) is 5.91 Å². The topological polar surface area (TPSA) is 91.5 Å². The molecule has 2 saturated heterocycles. The van der Waals surface area contributed by atoms with Crippen LogP contribution in [0, 0.1) is 5.82 Å². The van der Waals surface area contributed by atoms with Gasteiger partial charge in [0.1, 0.15) is 17.6 Å². The summed E-state index contributed by atoms with van der Waals surface area (Å²) in [4.78, 5) is 29.0. The van der Waals surface area contributed by atoms with Crippen molar-refractivity contribution in [3.05, 3.63) is 30.1 Å². The number of carbonyl (C=O) groups is 2. The number of hydrazone groups is 1. The molecule has 1 aromatic rings. The lowest BCUT2D eigenvalue weighted by Gasteiger charge is -2.35. The number of nitrogens with two attached hydrogens (primary N) is 1. The lowest BCUT2D eigenvalue weighted by atomic mass is 10.1. The van der Waals surface area contributed by atoms with E-state index in [0.717, 1.165) is 39.1 Å². The predicted octanol–water partition coefficient (Wildman–Crippen LogP) is 0.569. The molecule has 3 aliphatic rings. The van der Waals surface area contributed by atoms with Gasteiger partial charge in [-0.1, -0.05) is 0 Å². The highest BCUT2D eigenvalue weighted by Gasteiger charge is 2.37. The number of benzene rings is 1. The van der Waals surface area contributed by atoms with E-state index in [4.69, 9.17) is 10.5 Å². The van der Waals surface area contributed by atoms with Crippen molar-refractivity contribution in [2.45, 2.75) is 31.4 Å². The van der Waals surface area contributed by atoms with Crippen LogP contribution in [0.1, 0.15) is 19.3 Å². The maximum Gasteiger partial charge on any atom is 0.270 e. The van der Waals surface area contributed by atoms with E-state index in [1.54, 1.807) is 4.90 Å². The normalized spacial score (nSPS) is 25.3. The van der Waals surface area contributed by atoms with Crippen LogP contribution < -0.4 is 10.7 Å². The third kappa shape index (κ3) is 4.40. The summed E-state index contributed by atoms with van der Waals surface area (Å²) < 4.78 is 18.9. The first-order valence-corrected chi connectivity index (χ1v) is 10.1. The maximum absolute atomic E-state index is 13.2. The molecule has 0 aliphatic carbocycles. The van der Waals surface area contributed by atoms with Crippen LogP contribution >= 0.6 is 0 Å². The highest BCUT2D eigenvalue weighted by Crippen LogP contribution is 2.25. The minimum absolute atomic E-state index is 0.154. The highest BCUT2D eigenvalue weighted by atomic mass is 19.1. The predicted molar refractivity (Wildman–Crippen MR) is 106 cm³/mol. The van der Waals surface area contributed by atoms with Crippen LogP contribution in [-0.4, -0.2) is 78.8 Å². The zero-order chi connectivity index (χ0) is 20.4. The Labute approximate surface area is 169 Å². The number of rotatable bonds is 5. The van der Waals surface area contributed by atoms with Gasteiger partial charge in [0.2, 0.25) is 5.91 Å². The van der Waals surface area contributed by atoms with E-state index in [1.165, 1.54) is 29.3 Å². The Kier molecular flexibility index (Phi) is 5.77. The van der Waals surface area contributed by atoms with E-state index in [9.17, 15) is 14.0 Å². The van der Waals surface area contributed by atoms with Crippen molar-refractivity contribution in [2.75, 3.05) is 44.3 Å². The monoisotopic (exact) mass is 403 g/mol. The number of hydrogen-bond acceptors (Lipinski definition) is 6. The summed E-state index contributed by atoms with van der Waals surface area (Å²) in [5.41, 5.74) is 6.36. The second kappa shape index (κ2) is 8.46. The Morgan fingerprint density at radius 3 is 2.52 bits per heavy atom. The molecule has 2 N–H and O–H groups in total. The largest absolute Gasteiger partial charge is 0.377 e. The lowest BCUT2D eigenvalue weighted by Crippen LogP contribution is -2.52. The summed E-state index contributed by atoms with van der Waals surface area (Å²) in [5, 5.41) is 5.79. The zero-order valence-electron chi connectivity index (χ0n) is 16.3. The summed E-state index contributed by atoms with van der Waals surface area (Å²) >= 11 is 0. The van der Waals surface area contributed by atoms with Gasteiger partial charge in [-0.25, -0.2) is 4.39 Å². The van der Waals surface area contributed by atoms with E-state index in [1.807, 2.05) is 0 Å². The van der Waals surface area contributed by atoms with Crippen LogP contribution in [0.15, 0.2) is 29.4 Å². The Morgan fingerprint density at radius 2 is 1.90 bits per heavy atom. The minimum atomic E-state index is -0.750. The molecule has 9 heteroatoms. The molecule has 2 unspecified atom stereocenters. The van der Waals surface area contributed by atoms with Crippen LogP contribution in [0.2, 0.25) is 0 Å². The Morgan fingerprint density at radius 1 is 1.17 bits per heavy atom. The molecular formula is C20H26FN5O3. The van der Waals surface area contributed by atoms with Gasteiger partial charge in [0, 0.05) is 45.8 Å². The van der Waals surface area contributed by atoms with Crippen LogP contribution in [0.4, 0.5) is 10.1 Å². The maximum atomic E-state index is 13.2. The third-order valence-electron chi connectivity index (χ3n) is 5.72. The van der Waals surface area contributed by atoms with Gasteiger partial charge >= 0.3 is 0 Å². The van der Waals surface area contributed by atoms with Crippen molar-refractivity contribution in [3.8, 4) is 0 Å². The van der Waals surface area contributed by atoms with Gasteiger partial charge < -0.3 is 15.4 Å². The molecule has 3 heterocycles. The molecule has 2 amide bonds. The van der Waals surface area contributed by atoms with Crippen molar-refractivity contribution >= 4 is 23.2 Å². The third-order valence-corrected chi connectivity index (χ3v) is 5.72. The van der Waals surface area contributed by atoms with Crippen LogP contribution in [0.5, 0.6) is 0 Å². The smallest absolute Gasteiger partial charge is 0.270 e. The van der Waals surface area contributed by atoms with E-state index < -0.39 is 11.9 Å². The van der Waals surface area contributed by atoms with Gasteiger partial charge in [-0.3, -0.25) is 19.5 Å². The summed E-state index contributed by atoms with van der Waals surface area (Å²) in [6, 6.07) is 4.87. The molecule has 0 spiro atoms.